The second-order valence-electron chi connectivity index (χ2n) is 5.90. The van der Waals surface area contributed by atoms with Crippen LogP contribution in [0.5, 0.6) is 0 Å². The molecule has 0 aliphatic heterocycles. The van der Waals surface area contributed by atoms with Crippen LogP contribution in [0.1, 0.15) is 11.4 Å². The van der Waals surface area contributed by atoms with E-state index < -0.39 is 23.3 Å². The fourth-order valence-corrected chi connectivity index (χ4v) is 4.39. The molecule has 150 valence electrons. The Hall–Kier alpha value is -2.10. The summed E-state index contributed by atoms with van der Waals surface area (Å²) in [7, 11) is 0. The SMILES string of the molecule is Cc1cc(-c2ccc(F)cc2F)sn1.Fc1ccc(-c2cc(CBr)ns2)c(F)c1. The summed E-state index contributed by atoms with van der Waals surface area (Å²) in [4.78, 5) is 1.43. The van der Waals surface area contributed by atoms with Crippen molar-refractivity contribution in [3.63, 3.8) is 0 Å². The maximum atomic E-state index is 13.4. The Morgan fingerprint density at radius 1 is 0.759 bits per heavy atom. The van der Waals surface area contributed by atoms with E-state index in [0.29, 0.717) is 21.3 Å². The lowest BCUT2D eigenvalue weighted by atomic mass is 10.1. The first-order valence-corrected chi connectivity index (χ1v) is 10.9. The number of hydrogen-bond donors (Lipinski definition) is 0. The van der Waals surface area contributed by atoms with Crippen molar-refractivity contribution in [3.8, 4) is 20.9 Å². The maximum Gasteiger partial charge on any atom is 0.134 e. The van der Waals surface area contributed by atoms with Gasteiger partial charge < -0.3 is 0 Å². The Kier molecular flexibility index (Phi) is 7.15. The van der Waals surface area contributed by atoms with E-state index in [9.17, 15) is 17.6 Å². The second kappa shape index (κ2) is 9.60. The van der Waals surface area contributed by atoms with Gasteiger partial charge in [-0.1, -0.05) is 15.9 Å². The molecule has 0 aliphatic carbocycles. The van der Waals surface area contributed by atoms with Crippen molar-refractivity contribution in [1.82, 2.24) is 8.75 Å². The minimum atomic E-state index is -0.568. The third-order valence-corrected chi connectivity index (χ3v) is 6.07. The summed E-state index contributed by atoms with van der Waals surface area (Å²) in [6.45, 7) is 1.83. The van der Waals surface area contributed by atoms with Crippen LogP contribution in [0.25, 0.3) is 20.9 Å². The fourth-order valence-electron chi connectivity index (χ4n) is 2.37. The highest BCUT2D eigenvalue weighted by molar-refractivity contribution is 9.08. The van der Waals surface area contributed by atoms with Crippen LogP contribution in [0.2, 0.25) is 0 Å². The lowest BCUT2D eigenvalue weighted by Crippen LogP contribution is -1.83. The molecule has 0 saturated carbocycles. The van der Waals surface area contributed by atoms with E-state index in [1.165, 1.54) is 47.3 Å². The van der Waals surface area contributed by atoms with Crippen molar-refractivity contribution < 1.29 is 17.6 Å². The van der Waals surface area contributed by atoms with Crippen LogP contribution < -0.4 is 0 Å². The first kappa shape index (κ1) is 21.6. The van der Waals surface area contributed by atoms with Crippen LogP contribution in [-0.2, 0) is 5.33 Å². The molecule has 0 radical (unpaired) electrons. The van der Waals surface area contributed by atoms with Crippen LogP contribution in [0.15, 0.2) is 48.5 Å². The highest BCUT2D eigenvalue weighted by atomic mass is 79.9. The monoisotopic (exact) mass is 500 g/mol. The number of benzene rings is 2. The molecular formula is C20H13BrF4N2S2. The van der Waals surface area contributed by atoms with Gasteiger partial charge in [-0.15, -0.1) is 0 Å². The quantitative estimate of drug-likeness (QED) is 0.216. The third kappa shape index (κ3) is 5.49. The minimum absolute atomic E-state index is 0.390. The highest BCUT2D eigenvalue weighted by Gasteiger charge is 2.10. The van der Waals surface area contributed by atoms with Crippen LogP contribution in [-0.4, -0.2) is 8.75 Å². The van der Waals surface area contributed by atoms with Gasteiger partial charge in [0, 0.05) is 28.6 Å². The Labute approximate surface area is 181 Å². The van der Waals surface area contributed by atoms with Gasteiger partial charge in [-0.2, -0.15) is 8.75 Å². The molecular weight excluding hydrogens is 488 g/mol. The molecule has 2 aromatic carbocycles. The lowest BCUT2D eigenvalue weighted by Gasteiger charge is -1.98. The summed E-state index contributed by atoms with van der Waals surface area (Å²) in [5.74, 6) is -2.23. The van der Waals surface area contributed by atoms with E-state index in [1.807, 2.05) is 6.92 Å². The number of hydrogen-bond acceptors (Lipinski definition) is 4. The summed E-state index contributed by atoms with van der Waals surface area (Å²) >= 11 is 5.68. The summed E-state index contributed by atoms with van der Waals surface area (Å²) in [5.41, 5.74) is 2.48. The predicted octanol–water partition coefficient (Wildman–Crippen LogP) is 7.38. The summed E-state index contributed by atoms with van der Waals surface area (Å²) in [6, 6.07) is 10.7. The van der Waals surface area contributed by atoms with Gasteiger partial charge >= 0.3 is 0 Å². The molecule has 0 spiro atoms. The van der Waals surface area contributed by atoms with Crippen molar-refractivity contribution in [3.05, 3.63) is 83.2 Å². The van der Waals surface area contributed by atoms with Crippen LogP contribution in [0.3, 0.4) is 0 Å². The number of alkyl halides is 1. The number of aryl methyl sites for hydroxylation is 1. The van der Waals surface area contributed by atoms with Gasteiger partial charge in [-0.25, -0.2) is 17.6 Å². The average Bonchev–Trinajstić information content (AvgIpc) is 3.31. The van der Waals surface area contributed by atoms with Crippen LogP contribution >= 0.6 is 39.0 Å². The Morgan fingerprint density at radius 2 is 1.28 bits per heavy atom. The van der Waals surface area contributed by atoms with Gasteiger partial charge in [0.05, 0.1) is 21.1 Å². The normalized spacial score (nSPS) is 10.6. The molecule has 0 N–H and O–H groups in total. The Bertz CT molecular complexity index is 1130. The number of nitrogens with zero attached hydrogens (tertiary/aromatic N) is 2. The number of halogens is 5. The summed E-state index contributed by atoms with van der Waals surface area (Å²) in [6.07, 6.45) is 0. The minimum Gasteiger partial charge on any atom is -0.207 e. The molecule has 2 nitrogen and oxygen atoms in total. The second-order valence-corrected chi connectivity index (χ2v) is 8.07. The van der Waals surface area contributed by atoms with Gasteiger partial charge in [0.25, 0.3) is 0 Å². The molecule has 0 bridgehead atoms. The molecule has 0 fully saturated rings. The zero-order valence-corrected chi connectivity index (χ0v) is 18.1. The van der Waals surface area contributed by atoms with Crippen molar-refractivity contribution >= 4 is 39.0 Å². The molecule has 9 heteroatoms. The van der Waals surface area contributed by atoms with E-state index in [2.05, 4.69) is 24.7 Å². The molecule has 2 aromatic heterocycles. The standard InChI is InChI=1S/C10H6BrF2NS.C10H7F2NS/c11-5-7-4-10(15-14-7)8-2-1-6(12)3-9(8)13;1-6-4-10(14-13-6)8-3-2-7(11)5-9(8)12/h1-4H,5H2;2-5H,1H3. The fraction of sp³-hybridized carbons (Fsp3) is 0.100. The molecule has 0 saturated heterocycles. The lowest BCUT2D eigenvalue weighted by molar-refractivity contribution is 0.585. The van der Waals surface area contributed by atoms with Gasteiger partial charge in [0.2, 0.25) is 0 Å². The average molecular weight is 501 g/mol. The van der Waals surface area contributed by atoms with E-state index >= 15 is 0 Å². The van der Waals surface area contributed by atoms with Gasteiger partial charge in [-0.3, -0.25) is 0 Å². The topological polar surface area (TPSA) is 25.8 Å². The molecule has 0 atom stereocenters. The van der Waals surface area contributed by atoms with Crippen molar-refractivity contribution in [2.45, 2.75) is 12.3 Å². The molecule has 4 rings (SSSR count). The molecule has 0 amide bonds. The Morgan fingerprint density at radius 3 is 1.69 bits per heavy atom. The third-order valence-electron chi connectivity index (χ3n) is 3.72. The number of rotatable bonds is 3. The van der Waals surface area contributed by atoms with Crippen LogP contribution in [0.4, 0.5) is 17.6 Å². The van der Waals surface area contributed by atoms with E-state index in [0.717, 1.165) is 28.4 Å². The highest BCUT2D eigenvalue weighted by Crippen LogP contribution is 2.29. The zero-order valence-electron chi connectivity index (χ0n) is 14.9. The van der Waals surface area contributed by atoms with Crippen molar-refractivity contribution in [1.29, 1.82) is 0 Å². The molecule has 0 unspecified atom stereocenters. The maximum absolute atomic E-state index is 13.4. The van der Waals surface area contributed by atoms with Gasteiger partial charge in [0.1, 0.15) is 23.3 Å². The first-order valence-electron chi connectivity index (χ1n) is 8.23. The summed E-state index contributed by atoms with van der Waals surface area (Å²) in [5, 5.41) is 0.631. The predicted molar refractivity (Wildman–Crippen MR) is 112 cm³/mol. The number of aromatic nitrogens is 2. The largest absolute Gasteiger partial charge is 0.207 e. The van der Waals surface area contributed by atoms with Gasteiger partial charge in [0.15, 0.2) is 0 Å². The molecule has 29 heavy (non-hydrogen) atoms. The zero-order chi connectivity index (χ0) is 21.0. The van der Waals surface area contributed by atoms with E-state index in [-0.39, 0.29) is 0 Å². The van der Waals surface area contributed by atoms with E-state index in [1.54, 1.807) is 12.1 Å². The summed E-state index contributed by atoms with van der Waals surface area (Å²) < 4.78 is 60.1. The van der Waals surface area contributed by atoms with Gasteiger partial charge in [-0.05, 0) is 66.4 Å². The van der Waals surface area contributed by atoms with Crippen LogP contribution in [0, 0.1) is 30.2 Å². The van der Waals surface area contributed by atoms with Crippen molar-refractivity contribution in [2.75, 3.05) is 0 Å². The Balaban J connectivity index is 0.000000166. The smallest absolute Gasteiger partial charge is 0.134 e. The van der Waals surface area contributed by atoms with E-state index in [4.69, 9.17) is 0 Å². The molecule has 4 aromatic rings. The molecule has 2 heterocycles. The van der Waals surface area contributed by atoms with Crippen molar-refractivity contribution in [2.24, 2.45) is 0 Å². The molecule has 0 aliphatic rings. The first-order chi connectivity index (χ1) is 13.9.